The van der Waals surface area contributed by atoms with Crippen LogP contribution in [0.4, 0.5) is 0 Å². The van der Waals surface area contributed by atoms with E-state index in [2.05, 4.69) is 10.6 Å². The Labute approximate surface area is 161 Å². The molecule has 6 nitrogen and oxygen atoms in total. The predicted octanol–water partition coefficient (Wildman–Crippen LogP) is 3.15. The molecule has 2 amide bonds. The highest BCUT2D eigenvalue weighted by atomic mass is 16.4. The molecule has 0 spiro atoms. The fourth-order valence-electron chi connectivity index (χ4n) is 5.07. The molecule has 0 saturated heterocycles. The van der Waals surface area contributed by atoms with Crippen molar-refractivity contribution in [1.29, 1.82) is 0 Å². The van der Waals surface area contributed by atoms with Crippen LogP contribution in [0, 0.1) is 11.8 Å². The number of rotatable bonds is 5. The van der Waals surface area contributed by atoms with Crippen molar-refractivity contribution in [1.82, 2.24) is 10.6 Å². The third-order valence-electron chi connectivity index (χ3n) is 6.90. The van der Waals surface area contributed by atoms with Crippen LogP contribution in [0.15, 0.2) is 0 Å². The van der Waals surface area contributed by atoms with Crippen LogP contribution in [0.3, 0.4) is 0 Å². The summed E-state index contributed by atoms with van der Waals surface area (Å²) in [5.74, 6) is -0.778. The summed E-state index contributed by atoms with van der Waals surface area (Å²) in [6.07, 6.45) is 12.2. The summed E-state index contributed by atoms with van der Waals surface area (Å²) in [7, 11) is 0. The van der Waals surface area contributed by atoms with Crippen LogP contribution in [-0.2, 0) is 14.4 Å². The van der Waals surface area contributed by atoms with Crippen molar-refractivity contribution in [2.24, 2.45) is 11.8 Å². The van der Waals surface area contributed by atoms with Gasteiger partial charge in [-0.3, -0.25) is 9.59 Å². The van der Waals surface area contributed by atoms with Gasteiger partial charge in [0.25, 0.3) is 0 Å². The lowest BCUT2D eigenvalue weighted by Gasteiger charge is -2.34. The Balaban J connectivity index is 1.48. The highest BCUT2D eigenvalue weighted by Gasteiger charge is 2.41. The van der Waals surface area contributed by atoms with Gasteiger partial charge in [0.1, 0.15) is 5.54 Å². The first-order chi connectivity index (χ1) is 13.0. The molecule has 3 N–H and O–H groups in total. The van der Waals surface area contributed by atoms with Crippen LogP contribution in [-0.4, -0.2) is 34.5 Å². The molecule has 3 aliphatic rings. The molecule has 6 heteroatoms. The van der Waals surface area contributed by atoms with E-state index in [0.29, 0.717) is 12.8 Å². The zero-order chi connectivity index (χ0) is 19.3. The van der Waals surface area contributed by atoms with E-state index >= 15 is 0 Å². The number of carbonyl (C=O) groups excluding carboxylic acids is 2. The molecule has 0 aromatic heterocycles. The number of carboxylic acid groups (broad SMARTS) is 1. The second-order valence-corrected chi connectivity index (χ2v) is 8.83. The van der Waals surface area contributed by atoms with Gasteiger partial charge < -0.3 is 15.7 Å². The van der Waals surface area contributed by atoms with Crippen LogP contribution >= 0.6 is 0 Å². The largest absolute Gasteiger partial charge is 0.480 e. The van der Waals surface area contributed by atoms with Crippen LogP contribution in [0.5, 0.6) is 0 Å². The van der Waals surface area contributed by atoms with E-state index < -0.39 is 11.5 Å². The first-order valence-corrected chi connectivity index (χ1v) is 10.9. The molecular weight excluding hydrogens is 344 g/mol. The molecule has 0 aromatic carbocycles. The Hall–Kier alpha value is -1.59. The number of aliphatic carboxylic acids is 1. The van der Waals surface area contributed by atoms with Crippen LogP contribution in [0.25, 0.3) is 0 Å². The minimum atomic E-state index is -1.08. The van der Waals surface area contributed by atoms with Gasteiger partial charge in [-0.2, -0.15) is 0 Å². The lowest BCUT2D eigenvalue weighted by molar-refractivity contribution is -0.149. The Morgan fingerprint density at radius 1 is 0.704 bits per heavy atom. The SMILES string of the molecule is O=C(NC1CCC(C(=O)NC2(C(=O)O)CCCCCC2)CC1)C1CCCC1. The van der Waals surface area contributed by atoms with Gasteiger partial charge in [0, 0.05) is 17.9 Å². The normalized spacial score (nSPS) is 28.9. The van der Waals surface area contributed by atoms with Crippen molar-refractivity contribution in [2.75, 3.05) is 0 Å². The molecule has 3 fully saturated rings. The van der Waals surface area contributed by atoms with Gasteiger partial charge >= 0.3 is 5.97 Å². The van der Waals surface area contributed by atoms with Crippen LogP contribution in [0.1, 0.15) is 89.9 Å². The number of carbonyl (C=O) groups is 3. The molecule has 152 valence electrons. The zero-order valence-corrected chi connectivity index (χ0v) is 16.3. The van der Waals surface area contributed by atoms with E-state index in [4.69, 9.17) is 0 Å². The van der Waals surface area contributed by atoms with E-state index in [1.54, 1.807) is 0 Å². The molecule has 0 aromatic rings. The summed E-state index contributed by atoms with van der Waals surface area (Å²) in [5.41, 5.74) is -1.08. The van der Waals surface area contributed by atoms with Gasteiger partial charge in [-0.15, -0.1) is 0 Å². The third kappa shape index (κ3) is 5.02. The fourth-order valence-corrected chi connectivity index (χ4v) is 5.07. The molecule has 0 radical (unpaired) electrons. The first-order valence-electron chi connectivity index (χ1n) is 10.9. The topological polar surface area (TPSA) is 95.5 Å². The molecule has 0 heterocycles. The first kappa shape index (κ1) is 20.2. The molecule has 3 rings (SSSR count). The Morgan fingerprint density at radius 2 is 1.26 bits per heavy atom. The van der Waals surface area contributed by atoms with E-state index in [1.807, 2.05) is 0 Å². The van der Waals surface area contributed by atoms with Gasteiger partial charge in [0.05, 0.1) is 0 Å². The minimum Gasteiger partial charge on any atom is -0.480 e. The average molecular weight is 379 g/mol. The number of nitrogens with one attached hydrogen (secondary N) is 2. The number of carboxylic acids is 1. The van der Waals surface area contributed by atoms with Crippen molar-refractivity contribution in [2.45, 2.75) is 101 Å². The molecular formula is C21H34N2O4. The van der Waals surface area contributed by atoms with Gasteiger partial charge in [-0.1, -0.05) is 38.5 Å². The molecule has 3 saturated carbocycles. The van der Waals surface area contributed by atoms with Gasteiger partial charge in [0.2, 0.25) is 11.8 Å². The quantitative estimate of drug-likeness (QED) is 0.641. The summed E-state index contributed by atoms with van der Waals surface area (Å²) >= 11 is 0. The maximum atomic E-state index is 12.8. The van der Waals surface area contributed by atoms with Crippen molar-refractivity contribution in [3.05, 3.63) is 0 Å². The van der Waals surface area contributed by atoms with E-state index in [9.17, 15) is 19.5 Å². The smallest absolute Gasteiger partial charge is 0.329 e. The van der Waals surface area contributed by atoms with Crippen LogP contribution in [0.2, 0.25) is 0 Å². The maximum Gasteiger partial charge on any atom is 0.329 e. The fraction of sp³-hybridized carbons (Fsp3) is 0.857. The van der Waals surface area contributed by atoms with E-state index in [0.717, 1.165) is 77.0 Å². The Kier molecular flexibility index (Phi) is 6.77. The van der Waals surface area contributed by atoms with Crippen molar-refractivity contribution in [3.63, 3.8) is 0 Å². The number of amides is 2. The summed E-state index contributed by atoms with van der Waals surface area (Å²) in [6.45, 7) is 0. The van der Waals surface area contributed by atoms with Crippen molar-refractivity contribution >= 4 is 17.8 Å². The number of hydrogen-bond acceptors (Lipinski definition) is 3. The summed E-state index contributed by atoms with van der Waals surface area (Å²) in [6, 6.07) is 0.161. The summed E-state index contributed by atoms with van der Waals surface area (Å²) in [5, 5.41) is 15.8. The van der Waals surface area contributed by atoms with Gasteiger partial charge in [0.15, 0.2) is 0 Å². The summed E-state index contributed by atoms with van der Waals surface area (Å²) < 4.78 is 0. The van der Waals surface area contributed by atoms with Crippen LogP contribution < -0.4 is 10.6 Å². The average Bonchev–Trinajstić information content (AvgIpc) is 3.09. The standard InChI is InChI=1S/C21H34N2O4/c24-18(15-7-3-4-8-15)22-17-11-9-16(10-12-17)19(25)23-21(20(26)27)13-5-1-2-6-14-21/h15-17H,1-14H2,(H,22,24)(H,23,25)(H,26,27). The Bertz CT molecular complexity index is 540. The highest BCUT2D eigenvalue weighted by molar-refractivity contribution is 5.88. The lowest BCUT2D eigenvalue weighted by atomic mass is 9.83. The predicted molar refractivity (Wildman–Crippen MR) is 102 cm³/mol. The minimum absolute atomic E-state index is 0.111. The summed E-state index contributed by atoms with van der Waals surface area (Å²) in [4.78, 5) is 36.9. The van der Waals surface area contributed by atoms with Crippen molar-refractivity contribution < 1.29 is 19.5 Å². The van der Waals surface area contributed by atoms with Crippen molar-refractivity contribution in [3.8, 4) is 0 Å². The second-order valence-electron chi connectivity index (χ2n) is 8.83. The number of hydrogen-bond donors (Lipinski definition) is 3. The van der Waals surface area contributed by atoms with E-state index in [1.165, 1.54) is 0 Å². The lowest BCUT2D eigenvalue weighted by Crippen LogP contribution is -2.56. The second kappa shape index (κ2) is 9.07. The Morgan fingerprint density at radius 3 is 1.81 bits per heavy atom. The maximum absolute atomic E-state index is 12.8. The zero-order valence-electron chi connectivity index (χ0n) is 16.3. The molecule has 3 aliphatic carbocycles. The molecule has 27 heavy (non-hydrogen) atoms. The van der Waals surface area contributed by atoms with E-state index in [-0.39, 0.29) is 29.7 Å². The molecule has 0 aliphatic heterocycles. The molecule has 0 atom stereocenters. The molecule has 0 unspecified atom stereocenters. The third-order valence-corrected chi connectivity index (χ3v) is 6.90. The molecule has 0 bridgehead atoms. The highest BCUT2D eigenvalue weighted by Crippen LogP contribution is 2.31. The van der Waals surface area contributed by atoms with Gasteiger partial charge in [-0.05, 0) is 51.4 Å². The monoisotopic (exact) mass is 378 g/mol. The van der Waals surface area contributed by atoms with Gasteiger partial charge in [-0.25, -0.2) is 4.79 Å².